The van der Waals surface area contributed by atoms with E-state index in [1.807, 2.05) is 12.1 Å². The number of hydrogen-bond acceptors (Lipinski definition) is 3. The first-order chi connectivity index (χ1) is 8.19. The molecule has 0 aliphatic carbocycles. The lowest BCUT2D eigenvalue weighted by molar-refractivity contribution is -0.162. The highest BCUT2D eigenvalue weighted by atomic mass is 79.9. The number of anilines is 1. The SMILES string of the molecule is CC1(C)CC(c2ccc(N)c(Br)n2)CC(C)(C)O1. The van der Waals surface area contributed by atoms with Crippen LogP contribution in [-0.4, -0.2) is 16.2 Å². The first-order valence-corrected chi connectivity index (χ1v) is 7.10. The summed E-state index contributed by atoms with van der Waals surface area (Å²) >= 11 is 3.40. The highest BCUT2D eigenvalue weighted by Gasteiger charge is 2.40. The van der Waals surface area contributed by atoms with Crippen LogP contribution in [0.1, 0.15) is 52.1 Å². The molecule has 1 saturated heterocycles. The minimum atomic E-state index is -0.109. The molecular weight excluding hydrogens is 292 g/mol. The third-order valence-electron chi connectivity index (χ3n) is 3.35. The molecule has 0 spiro atoms. The van der Waals surface area contributed by atoms with Crippen molar-refractivity contribution in [1.82, 2.24) is 4.98 Å². The van der Waals surface area contributed by atoms with Crippen molar-refractivity contribution in [2.75, 3.05) is 5.73 Å². The topological polar surface area (TPSA) is 48.1 Å². The molecule has 2 rings (SSSR count). The summed E-state index contributed by atoms with van der Waals surface area (Å²) in [5.74, 6) is 0.417. The van der Waals surface area contributed by atoms with Crippen molar-refractivity contribution in [1.29, 1.82) is 0 Å². The van der Waals surface area contributed by atoms with Gasteiger partial charge in [0, 0.05) is 11.6 Å². The van der Waals surface area contributed by atoms with E-state index in [0.717, 1.165) is 23.1 Å². The Hall–Kier alpha value is -0.610. The van der Waals surface area contributed by atoms with Gasteiger partial charge in [0.05, 0.1) is 16.9 Å². The summed E-state index contributed by atoms with van der Waals surface area (Å²) in [5, 5.41) is 0. The van der Waals surface area contributed by atoms with Gasteiger partial charge < -0.3 is 10.5 Å². The quantitative estimate of drug-likeness (QED) is 0.801. The minimum Gasteiger partial charge on any atom is -0.397 e. The van der Waals surface area contributed by atoms with Gasteiger partial charge in [-0.15, -0.1) is 0 Å². The molecule has 0 bridgehead atoms. The number of nitrogens with two attached hydrogens (primary N) is 1. The smallest absolute Gasteiger partial charge is 0.129 e. The Morgan fingerprint density at radius 2 is 1.78 bits per heavy atom. The Kier molecular flexibility index (Phi) is 3.45. The van der Waals surface area contributed by atoms with Crippen molar-refractivity contribution in [3.63, 3.8) is 0 Å². The predicted molar refractivity (Wildman–Crippen MR) is 77.6 cm³/mol. The van der Waals surface area contributed by atoms with E-state index >= 15 is 0 Å². The normalized spacial score (nSPS) is 22.9. The first kappa shape index (κ1) is 13.8. The van der Waals surface area contributed by atoms with Gasteiger partial charge in [0.25, 0.3) is 0 Å². The highest BCUT2D eigenvalue weighted by molar-refractivity contribution is 9.10. The fraction of sp³-hybridized carbons (Fsp3) is 0.643. The zero-order valence-electron chi connectivity index (χ0n) is 11.5. The van der Waals surface area contributed by atoms with Gasteiger partial charge in [0.2, 0.25) is 0 Å². The molecule has 0 saturated carbocycles. The number of aromatic nitrogens is 1. The molecule has 0 amide bonds. The van der Waals surface area contributed by atoms with E-state index < -0.39 is 0 Å². The summed E-state index contributed by atoms with van der Waals surface area (Å²) in [7, 11) is 0. The van der Waals surface area contributed by atoms with E-state index in [1.165, 1.54) is 0 Å². The van der Waals surface area contributed by atoms with Crippen LogP contribution in [0.15, 0.2) is 16.7 Å². The van der Waals surface area contributed by atoms with Gasteiger partial charge in [-0.1, -0.05) is 0 Å². The Labute approximate surface area is 117 Å². The first-order valence-electron chi connectivity index (χ1n) is 6.31. The average molecular weight is 313 g/mol. The van der Waals surface area contributed by atoms with Gasteiger partial charge >= 0.3 is 0 Å². The van der Waals surface area contributed by atoms with Crippen LogP contribution in [-0.2, 0) is 4.74 Å². The Morgan fingerprint density at radius 3 is 2.28 bits per heavy atom. The van der Waals surface area contributed by atoms with E-state index in [4.69, 9.17) is 10.5 Å². The van der Waals surface area contributed by atoms with Gasteiger partial charge in [-0.25, -0.2) is 4.98 Å². The van der Waals surface area contributed by atoms with Gasteiger partial charge in [-0.2, -0.15) is 0 Å². The van der Waals surface area contributed by atoms with Crippen molar-refractivity contribution < 1.29 is 4.74 Å². The molecular formula is C14H21BrN2O. The molecule has 0 radical (unpaired) electrons. The van der Waals surface area contributed by atoms with E-state index in [0.29, 0.717) is 11.6 Å². The van der Waals surface area contributed by atoms with E-state index in [2.05, 4.69) is 48.6 Å². The Morgan fingerprint density at radius 1 is 1.22 bits per heavy atom. The maximum Gasteiger partial charge on any atom is 0.129 e. The zero-order chi connectivity index (χ0) is 13.6. The van der Waals surface area contributed by atoms with Crippen LogP contribution in [0.3, 0.4) is 0 Å². The zero-order valence-corrected chi connectivity index (χ0v) is 13.0. The number of ether oxygens (including phenoxy) is 1. The summed E-state index contributed by atoms with van der Waals surface area (Å²) < 4.78 is 6.84. The third-order valence-corrected chi connectivity index (χ3v) is 3.98. The second kappa shape index (κ2) is 4.49. The molecule has 0 unspecified atom stereocenters. The molecule has 1 aliphatic heterocycles. The number of rotatable bonds is 1. The molecule has 1 fully saturated rings. The second-order valence-electron chi connectivity index (χ2n) is 6.34. The number of nitrogens with zero attached hydrogens (tertiary/aromatic N) is 1. The monoisotopic (exact) mass is 312 g/mol. The van der Waals surface area contributed by atoms with Crippen LogP contribution in [0.5, 0.6) is 0 Å². The molecule has 0 atom stereocenters. The fourth-order valence-electron chi connectivity index (χ4n) is 2.99. The van der Waals surface area contributed by atoms with Crippen molar-refractivity contribution in [2.45, 2.75) is 57.7 Å². The van der Waals surface area contributed by atoms with E-state index in [-0.39, 0.29) is 11.2 Å². The molecule has 0 aromatic carbocycles. The maximum absolute atomic E-state index is 6.10. The standard InChI is InChI=1S/C14H21BrN2O/c1-13(2)7-9(8-14(3,4)18-13)11-6-5-10(16)12(15)17-11/h5-6,9H,7-8,16H2,1-4H3. The highest BCUT2D eigenvalue weighted by Crippen LogP contribution is 2.43. The molecule has 2 heterocycles. The van der Waals surface area contributed by atoms with Crippen LogP contribution < -0.4 is 5.73 Å². The van der Waals surface area contributed by atoms with Crippen LogP contribution in [0, 0.1) is 0 Å². The summed E-state index contributed by atoms with van der Waals surface area (Å²) in [6.07, 6.45) is 1.97. The van der Waals surface area contributed by atoms with Crippen LogP contribution in [0.4, 0.5) is 5.69 Å². The van der Waals surface area contributed by atoms with E-state index in [1.54, 1.807) is 0 Å². The molecule has 1 aromatic rings. The molecule has 100 valence electrons. The largest absolute Gasteiger partial charge is 0.397 e. The molecule has 1 aliphatic rings. The molecule has 3 nitrogen and oxygen atoms in total. The number of hydrogen-bond donors (Lipinski definition) is 1. The summed E-state index contributed by atoms with van der Waals surface area (Å²) in [4.78, 5) is 4.56. The van der Waals surface area contributed by atoms with Gasteiger partial charge in [-0.05, 0) is 68.6 Å². The maximum atomic E-state index is 6.10. The molecule has 18 heavy (non-hydrogen) atoms. The van der Waals surface area contributed by atoms with Crippen LogP contribution in [0.2, 0.25) is 0 Å². The molecule has 4 heteroatoms. The fourth-order valence-corrected chi connectivity index (χ4v) is 3.32. The van der Waals surface area contributed by atoms with Crippen molar-refractivity contribution in [3.8, 4) is 0 Å². The Bertz CT molecular complexity index is 441. The lowest BCUT2D eigenvalue weighted by Crippen LogP contribution is -2.44. The van der Waals surface area contributed by atoms with Crippen molar-refractivity contribution in [2.24, 2.45) is 0 Å². The average Bonchev–Trinajstić information content (AvgIpc) is 2.17. The molecule has 2 N–H and O–H groups in total. The van der Waals surface area contributed by atoms with Gasteiger partial charge in [-0.3, -0.25) is 0 Å². The lowest BCUT2D eigenvalue weighted by atomic mass is 9.79. The van der Waals surface area contributed by atoms with Gasteiger partial charge in [0.15, 0.2) is 0 Å². The van der Waals surface area contributed by atoms with Crippen LogP contribution in [0.25, 0.3) is 0 Å². The molecule has 1 aromatic heterocycles. The number of pyridine rings is 1. The van der Waals surface area contributed by atoms with Crippen LogP contribution >= 0.6 is 15.9 Å². The number of halogens is 1. The second-order valence-corrected chi connectivity index (χ2v) is 7.09. The van der Waals surface area contributed by atoms with E-state index in [9.17, 15) is 0 Å². The van der Waals surface area contributed by atoms with Crippen molar-refractivity contribution >= 4 is 21.6 Å². The third kappa shape index (κ3) is 3.04. The minimum absolute atomic E-state index is 0.109. The summed E-state index contributed by atoms with van der Waals surface area (Å²) in [6, 6.07) is 3.95. The summed E-state index contributed by atoms with van der Waals surface area (Å²) in [6.45, 7) is 8.58. The predicted octanol–water partition coefficient (Wildman–Crippen LogP) is 3.88. The summed E-state index contributed by atoms with van der Waals surface area (Å²) in [5.41, 5.74) is 7.35. The van der Waals surface area contributed by atoms with Crippen molar-refractivity contribution in [3.05, 3.63) is 22.4 Å². The number of nitrogen functional groups attached to an aromatic ring is 1. The van der Waals surface area contributed by atoms with Gasteiger partial charge in [0.1, 0.15) is 4.60 Å². The lowest BCUT2D eigenvalue weighted by Gasteiger charge is -2.45. The Balaban J connectivity index is 2.29.